The Kier molecular flexibility index (Phi) is 43.7. The summed E-state index contributed by atoms with van der Waals surface area (Å²) in [7, 11) is 0. The standard InChI is InChI=1S/C52H100O6/c1-6-7-8-30-37-42-50(53)56-45-49(46-57-51(54)43-38-33-28-24-20-17-13-15-19-23-27-32-36-41-48(4)5)58-52(55)44-39-34-29-25-21-16-12-10-9-11-14-18-22-26-31-35-40-47(2)3/h47-49H,6-46H2,1-5H3/t49-/m0/s1. The summed E-state index contributed by atoms with van der Waals surface area (Å²) in [5, 5.41) is 0. The second-order valence-corrected chi connectivity index (χ2v) is 18.8. The Morgan fingerprint density at radius 3 is 0.845 bits per heavy atom. The molecule has 6 heteroatoms. The maximum Gasteiger partial charge on any atom is 0.306 e. The molecule has 0 unspecified atom stereocenters. The van der Waals surface area contributed by atoms with Crippen molar-refractivity contribution < 1.29 is 28.6 Å². The average Bonchev–Trinajstić information content (AvgIpc) is 3.19. The number of hydrogen-bond acceptors (Lipinski definition) is 6. The minimum atomic E-state index is -0.759. The first-order chi connectivity index (χ1) is 28.2. The van der Waals surface area contributed by atoms with Gasteiger partial charge in [-0.2, -0.15) is 0 Å². The number of rotatable bonds is 46. The Morgan fingerprint density at radius 1 is 0.328 bits per heavy atom. The molecular formula is C52H100O6. The summed E-state index contributed by atoms with van der Waals surface area (Å²) in [5.74, 6) is 0.830. The van der Waals surface area contributed by atoms with Crippen LogP contribution in [0.25, 0.3) is 0 Å². The molecule has 0 saturated heterocycles. The summed E-state index contributed by atoms with van der Waals surface area (Å²) in [6, 6.07) is 0. The molecule has 0 aliphatic carbocycles. The minimum absolute atomic E-state index is 0.0646. The van der Waals surface area contributed by atoms with Crippen molar-refractivity contribution in [3.8, 4) is 0 Å². The SMILES string of the molecule is CCCCCCCC(=O)OC[C@@H](COC(=O)CCCCCCCCCCCCCCCC(C)C)OC(=O)CCCCCCCCCCCCCCCCCCC(C)C. The highest BCUT2D eigenvalue weighted by atomic mass is 16.6. The van der Waals surface area contributed by atoms with Crippen LogP contribution in [0.5, 0.6) is 0 Å². The van der Waals surface area contributed by atoms with Gasteiger partial charge in [-0.3, -0.25) is 14.4 Å². The third kappa shape index (κ3) is 45.5. The molecular weight excluding hydrogens is 721 g/mol. The fraction of sp³-hybridized carbons (Fsp3) is 0.942. The van der Waals surface area contributed by atoms with E-state index in [4.69, 9.17) is 14.2 Å². The lowest BCUT2D eigenvalue weighted by molar-refractivity contribution is -0.167. The van der Waals surface area contributed by atoms with E-state index >= 15 is 0 Å². The van der Waals surface area contributed by atoms with Crippen LogP contribution in [0.15, 0.2) is 0 Å². The topological polar surface area (TPSA) is 78.9 Å². The van der Waals surface area contributed by atoms with Gasteiger partial charge in [-0.1, -0.05) is 247 Å². The Bertz CT molecular complexity index is 885. The first kappa shape index (κ1) is 56.4. The van der Waals surface area contributed by atoms with Crippen LogP contribution in [0.3, 0.4) is 0 Å². The largest absolute Gasteiger partial charge is 0.462 e. The van der Waals surface area contributed by atoms with Crippen molar-refractivity contribution in [1.29, 1.82) is 0 Å². The predicted molar refractivity (Wildman–Crippen MR) is 247 cm³/mol. The van der Waals surface area contributed by atoms with E-state index in [1.54, 1.807) is 0 Å². The Labute approximate surface area is 361 Å². The molecule has 0 aliphatic heterocycles. The zero-order chi connectivity index (χ0) is 42.6. The molecule has 344 valence electrons. The molecule has 0 heterocycles. The summed E-state index contributed by atoms with van der Waals surface area (Å²) >= 11 is 0. The van der Waals surface area contributed by atoms with E-state index in [0.717, 1.165) is 76.0 Å². The van der Waals surface area contributed by atoms with E-state index in [0.29, 0.717) is 19.3 Å². The van der Waals surface area contributed by atoms with Gasteiger partial charge in [0.05, 0.1) is 0 Å². The molecule has 0 saturated carbocycles. The molecule has 58 heavy (non-hydrogen) atoms. The van der Waals surface area contributed by atoms with Gasteiger partial charge in [0, 0.05) is 19.3 Å². The molecule has 0 aromatic rings. The number of ether oxygens (including phenoxy) is 3. The number of carbonyl (C=O) groups excluding carboxylic acids is 3. The van der Waals surface area contributed by atoms with E-state index in [1.807, 2.05) is 0 Å². The van der Waals surface area contributed by atoms with E-state index in [2.05, 4.69) is 34.6 Å². The van der Waals surface area contributed by atoms with Gasteiger partial charge in [0.15, 0.2) is 6.10 Å². The molecule has 6 nitrogen and oxygen atoms in total. The van der Waals surface area contributed by atoms with E-state index in [-0.39, 0.29) is 31.1 Å². The van der Waals surface area contributed by atoms with Crippen LogP contribution < -0.4 is 0 Å². The highest BCUT2D eigenvalue weighted by Gasteiger charge is 2.19. The third-order valence-corrected chi connectivity index (χ3v) is 11.7. The summed E-state index contributed by atoms with van der Waals surface area (Å²) in [6.07, 6.45) is 45.5. The quantitative estimate of drug-likeness (QED) is 0.0346. The van der Waals surface area contributed by atoms with Crippen LogP contribution in [0.4, 0.5) is 0 Å². The van der Waals surface area contributed by atoms with Crippen LogP contribution in [0, 0.1) is 11.8 Å². The van der Waals surface area contributed by atoms with Gasteiger partial charge < -0.3 is 14.2 Å². The van der Waals surface area contributed by atoms with Crippen LogP contribution in [0.1, 0.15) is 285 Å². The highest BCUT2D eigenvalue weighted by molar-refractivity contribution is 5.71. The molecule has 0 aromatic heterocycles. The van der Waals surface area contributed by atoms with Crippen LogP contribution >= 0.6 is 0 Å². The van der Waals surface area contributed by atoms with Gasteiger partial charge in [0.25, 0.3) is 0 Å². The van der Waals surface area contributed by atoms with Gasteiger partial charge in [-0.05, 0) is 31.1 Å². The van der Waals surface area contributed by atoms with Crippen LogP contribution in [-0.4, -0.2) is 37.2 Å². The average molecular weight is 821 g/mol. The van der Waals surface area contributed by atoms with Crippen LogP contribution in [-0.2, 0) is 28.6 Å². The molecule has 0 rings (SSSR count). The predicted octanol–water partition coefficient (Wildman–Crippen LogP) is 16.5. The van der Waals surface area contributed by atoms with Gasteiger partial charge in [-0.25, -0.2) is 0 Å². The van der Waals surface area contributed by atoms with E-state index in [9.17, 15) is 14.4 Å². The lowest BCUT2D eigenvalue weighted by atomic mass is 10.0. The van der Waals surface area contributed by atoms with E-state index in [1.165, 1.54) is 167 Å². The molecule has 0 radical (unpaired) electrons. The summed E-state index contributed by atoms with van der Waals surface area (Å²) in [4.78, 5) is 37.6. The number of esters is 3. The molecule has 0 aliphatic rings. The van der Waals surface area contributed by atoms with Crippen molar-refractivity contribution in [2.24, 2.45) is 11.8 Å². The van der Waals surface area contributed by atoms with Crippen LogP contribution in [0.2, 0.25) is 0 Å². The highest BCUT2D eigenvalue weighted by Crippen LogP contribution is 2.17. The maximum absolute atomic E-state index is 12.7. The maximum atomic E-state index is 12.7. The third-order valence-electron chi connectivity index (χ3n) is 11.7. The normalized spacial score (nSPS) is 12.1. The summed E-state index contributed by atoms with van der Waals surface area (Å²) < 4.78 is 16.7. The minimum Gasteiger partial charge on any atom is -0.462 e. The Balaban J connectivity index is 4.10. The fourth-order valence-corrected chi connectivity index (χ4v) is 7.81. The molecule has 1 atom stereocenters. The number of hydrogen-bond donors (Lipinski definition) is 0. The first-order valence-electron chi connectivity index (χ1n) is 25.7. The van der Waals surface area contributed by atoms with Crippen molar-refractivity contribution in [3.63, 3.8) is 0 Å². The molecule has 0 spiro atoms. The summed E-state index contributed by atoms with van der Waals surface area (Å²) in [6.45, 7) is 11.3. The van der Waals surface area contributed by atoms with Gasteiger partial charge in [0.1, 0.15) is 13.2 Å². The number of carbonyl (C=O) groups is 3. The fourth-order valence-electron chi connectivity index (χ4n) is 7.81. The molecule has 0 fully saturated rings. The Morgan fingerprint density at radius 2 is 0.569 bits per heavy atom. The zero-order valence-corrected chi connectivity index (χ0v) is 39.7. The lowest BCUT2D eigenvalue weighted by Gasteiger charge is -2.18. The van der Waals surface area contributed by atoms with Crippen molar-refractivity contribution in [3.05, 3.63) is 0 Å². The Hall–Kier alpha value is -1.59. The smallest absolute Gasteiger partial charge is 0.306 e. The van der Waals surface area contributed by atoms with Crippen molar-refractivity contribution >= 4 is 17.9 Å². The second kappa shape index (κ2) is 44.9. The second-order valence-electron chi connectivity index (χ2n) is 18.8. The lowest BCUT2D eigenvalue weighted by Crippen LogP contribution is -2.30. The van der Waals surface area contributed by atoms with Crippen molar-refractivity contribution in [1.82, 2.24) is 0 Å². The van der Waals surface area contributed by atoms with Gasteiger partial charge in [-0.15, -0.1) is 0 Å². The number of unbranched alkanes of at least 4 members (excludes halogenated alkanes) is 31. The monoisotopic (exact) mass is 821 g/mol. The molecule has 0 N–H and O–H groups in total. The van der Waals surface area contributed by atoms with Crippen molar-refractivity contribution in [2.75, 3.05) is 13.2 Å². The first-order valence-corrected chi connectivity index (χ1v) is 25.7. The molecule has 0 bridgehead atoms. The van der Waals surface area contributed by atoms with Gasteiger partial charge >= 0.3 is 17.9 Å². The van der Waals surface area contributed by atoms with E-state index < -0.39 is 6.10 Å². The molecule has 0 amide bonds. The molecule has 0 aromatic carbocycles. The summed E-state index contributed by atoms with van der Waals surface area (Å²) in [5.41, 5.74) is 0. The van der Waals surface area contributed by atoms with Gasteiger partial charge in [0.2, 0.25) is 0 Å². The van der Waals surface area contributed by atoms with Crippen molar-refractivity contribution in [2.45, 2.75) is 291 Å². The zero-order valence-electron chi connectivity index (χ0n) is 39.7.